The second-order valence-corrected chi connectivity index (χ2v) is 5.69. The molecule has 1 amide bonds. The predicted molar refractivity (Wildman–Crippen MR) is 85.3 cm³/mol. The Morgan fingerprint density at radius 1 is 1.43 bits per heavy atom. The van der Waals surface area contributed by atoms with Gasteiger partial charge in [-0.25, -0.2) is 9.59 Å². The Labute approximate surface area is 135 Å². The van der Waals surface area contributed by atoms with Gasteiger partial charge in [-0.15, -0.1) is 0 Å². The van der Waals surface area contributed by atoms with E-state index >= 15 is 0 Å². The molecule has 0 fully saturated rings. The minimum Gasteiger partial charge on any atom is -0.467 e. The van der Waals surface area contributed by atoms with E-state index < -0.39 is 23.7 Å². The molecule has 1 atom stereocenters. The van der Waals surface area contributed by atoms with Crippen molar-refractivity contribution < 1.29 is 19.1 Å². The number of amides is 1. The predicted octanol–water partition coefficient (Wildman–Crippen LogP) is 1.47. The molecule has 0 saturated heterocycles. The summed E-state index contributed by atoms with van der Waals surface area (Å²) in [6.07, 6.45) is 2.41. The van der Waals surface area contributed by atoms with Crippen LogP contribution in [0.2, 0.25) is 0 Å². The zero-order valence-corrected chi connectivity index (χ0v) is 13.7. The van der Waals surface area contributed by atoms with Crippen LogP contribution in [0.15, 0.2) is 18.5 Å². The molecule has 0 bridgehead atoms. The summed E-state index contributed by atoms with van der Waals surface area (Å²) in [5, 5.41) is 2.44. The largest absolute Gasteiger partial charge is 0.467 e. The third kappa shape index (κ3) is 6.70. The molecular formula is C16H21N3O4. The summed E-state index contributed by atoms with van der Waals surface area (Å²) in [6, 6.07) is 0.738. The first-order valence-electron chi connectivity index (χ1n) is 6.98. The van der Waals surface area contributed by atoms with Crippen LogP contribution >= 0.6 is 0 Å². The molecular weight excluding hydrogens is 298 g/mol. The maximum absolute atomic E-state index is 11.8. The van der Waals surface area contributed by atoms with Crippen molar-refractivity contribution in [3.05, 3.63) is 24.0 Å². The molecule has 1 aromatic rings. The van der Waals surface area contributed by atoms with Crippen LogP contribution in [0.5, 0.6) is 0 Å². The van der Waals surface area contributed by atoms with Crippen LogP contribution in [0.25, 0.3) is 0 Å². The molecule has 0 spiro atoms. The van der Waals surface area contributed by atoms with Crippen molar-refractivity contribution in [3.8, 4) is 11.8 Å². The van der Waals surface area contributed by atoms with Crippen LogP contribution in [-0.2, 0) is 14.3 Å². The summed E-state index contributed by atoms with van der Waals surface area (Å²) in [7, 11) is 1.24. The molecule has 0 radical (unpaired) electrons. The van der Waals surface area contributed by atoms with Crippen molar-refractivity contribution in [2.24, 2.45) is 0 Å². The van der Waals surface area contributed by atoms with Gasteiger partial charge in [-0.1, -0.05) is 11.8 Å². The summed E-state index contributed by atoms with van der Waals surface area (Å²) >= 11 is 0. The highest BCUT2D eigenvalue weighted by Crippen LogP contribution is 2.08. The van der Waals surface area contributed by atoms with E-state index in [1.165, 1.54) is 13.3 Å². The lowest BCUT2D eigenvalue weighted by Crippen LogP contribution is -2.43. The summed E-state index contributed by atoms with van der Waals surface area (Å²) in [6.45, 7) is 5.18. The number of hydrogen-bond donors (Lipinski definition) is 2. The van der Waals surface area contributed by atoms with Gasteiger partial charge in [-0.05, 0) is 26.8 Å². The van der Waals surface area contributed by atoms with Crippen LogP contribution < -0.4 is 11.1 Å². The number of hydrogen-bond acceptors (Lipinski definition) is 6. The Balaban J connectivity index is 2.75. The molecule has 0 aliphatic heterocycles. The molecule has 1 heterocycles. The Hall–Kier alpha value is -2.75. The van der Waals surface area contributed by atoms with Crippen molar-refractivity contribution in [1.29, 1.82) is 0 Å². The van der Waals surface area contributed by atoms with Crippen molar-refractivity contribution in [2.75, 3.05) is 12.8 Å². The maximum Gasteiger partial charge on any atom is 0.408 e. The van der Waals surface area contributed by atoms with Gasteiger partial charge in [0, 0.05) is 12.6 Å². The third-order valence-electron chi connectivity index (χ3n) is 2.56. The molecule has 1 aromatic heterocycles. The highest BCUT2D eigenvalue weighted by Gasteiger charge is 2.24. The van der Waals surface area contributed by atoms with Gasteiger partial charge < -0.3 is 20.5 Å². The van der Waals surface area contributed by atoms with Crippen LogP contribution in [-0.4, -0.2) is 35.8 Å². The quantitative estimate of drug-likeness (QED) is 0.646. The van der Waals surface area contributed by atoms with Crippen molar-refractivity contribution in [1.82, 2.24) is 10.3 Å². The highest BCUT2D eigenvalue weighted by atomic mass is 16.6. The number of pyridine rings is 1. The van der Waals surface area contributed by atoms with Crippen LogP contribution in [0.3, 0.4) is 0 Å². The van der Waals surface area contributed by atoms with Crippen LogP contribution in [0, 0.1) is 11.8 Å². The molecule has 0 aliphatic rings. The number of nitrogen functional groups attached to an aromatic ring is 1. The maximum atomic E-state index is 11.8. The monoisotopic (exact) mass is 319 g/mol. The van der Waals surface area contributed by atoms with E-state index in [-0.39, 0.29) is 6.42 Å². The van der Waals surface area contributed by atoms with Crippen molar-refractivity contribution in [2.45, 2.75) is 38.8 Å². The Kier molecular flexibility index (Phi) is 6.39. The van der Waals surface area contributed by atoms with E-state index in [1.807, 2.05) is 0 Å². The Bertz CT molecular complexity index is 626. The summed E-state index contributed by atoms with van der Waals surface area (Å²) in [4.78, 5) is 27.3. The number of nitrogens with zero attached hydrogens (tertiary/aromatic N) is 1. The van der Waals surface area contributed by atoms with Gasteiger partial charge in [0.2, 0.25) is 0 Å². The average molecular weight is 319 g/mol. The second-order valence-electron chi connectivity index (χ2n) is 5.69. The Morgan fingerprint density at radius 3 is 2.70 bits per heavy atom. The van der Waals surface area contributed by atoms with Crippen LogP contribution in [0.4, 0.5) is 10.5 Å². The number of ether oxygens (including phenoxy) is 2. The first-order valence-corrected chi connectivity index (χ1v) is 6.98. The molecule has 7 nitrogen and oxygen atoms in total. The minimum atomic E-state index is -0.926. The molecule has 0 aliphatic carbocycles. The number of alkyl carbamates (subject to hydrolysis) is 1. The lowest BCUT2D eigenvalue weighted by Gasteiger charge is -2.21. The SMILES string of the molecule is COC(=O)[C@H](CC#Cc1ccncc1N)NC(=O)OC(C)(C)C. The van der Waals surface area contributed by atoms with Gasteiger partial charge in [-0.3, -0.25) is 4.98 Å². The number of esters is 1. The van der Waals surface area contributed by atoms with Crippen molar-refractivity contribution in [3.63, 3.8) is 0 Å². The van der Waals surface area contributed by atoms with E-state index in [1.54, 1.807) is 33.0 Å². The van der Waals surface area contributed by atoms with Gasteiger partial charge in [0.15, 0.2) is 0 Å². The molecule has 0 saturated carbocycles. The first-order chi connectivity index (χ1) is 10.7. The molecule has 0 aromatic carbocycles. The number of rotatable bonds is 3. The molecule has 23 heavy (non-hydrogen) atoms. The van der Waals surface area contributed by atoms with E-state index in [0.717, 1.165) is 0 Å². The molecule has 0 unspecified atom stereocenters. The van der Waals surface area contributed by atoms with Gasteiger partial charge in [0.25, 0.3) is 0 Å². The number of anilines is 1. The summed E-state index contributed by atoms with van der Waals surface area (Å²) < 4.78 is 9.77. The van der Waals surface area contributed by atoms with Crippen LogP contribution in [0.1, 0.15) is 32.8 Å². The van der Waals surface area contributed by atoms with Gasteiger partial charge in [0.1, 0.15) is 11.6 Å². The van der Waals surface area contributed by atoms with Gasteiger partial charge in [0.05, 0.1) is 24.6 Å². The fraction of sp³-hybridized carbons (Fsp3) is 0.438. The number of carbonyl (C=O) groups excluding carboxylic acids is 2. The summed E-state index contributed by atoms with van der Waals surface area (Å²) in [5.74, 6) is 5.02. The van der Waals surface area contributed by atoms with Gasteiger partial charge in [-0.2, -0.15) is 0 Å². The summed E-state index contributed by atoms with van der Waals surface area (Å²) in [5.41, 5.74) is 6.10. The minimum absolute atomic E-state index is 0.0632. The zero-order valence-electron chi connectivity index (χ0n) is 13.7. The smallest absolute Gasteiger partial charge is 0.408 e. The van der Waals surface area contributed by atoms with Crippen molar-refractivity contribution >= 4 is 17.7 Å². The number of aromatic nitrogens is 1. The zero-order chi connectivity index (χ0) is 17.5. The molecule has 7 heteroatoms. The van der Waals surface area contributed by atoms with E-state index in [9.17, 15) is 9.59 Å². The topological polar surface area (TPSA) is 104 Å². The molecule has 124 valence electrons. The number of nitrogens with one attached hydrogen (secondary N) is 1. The Morgan fingerprint density at radius 2 is 2.13 bits per heavy atom. The lowest BCUT2D eigenvalue weighted by atomic mass is 10.2. The number of nitrogens with two attached hydrogens (primary N) is 1. The molecule has 1 rings (SSSR count). The lowest BCUT2D eigenvalue weighted by molar-refractivity contribution is -0.143. The molecule has 3 N–H and O–H groups in total. The van der Waals surface area contributed by atoms with E-state index in [0.29, 0.717) is 11.3 Å². The first kappa shape index (κ1) is 18.3. The average Bonchev–Trinajstić information content (AvgIpc) is 2.45. The highest BCUT2D eigenvalue weighted by molar-refractivity contribution is 5.81. The number of methoxy groups -OCH3 is 1. The fourth-order valence-electron chi connectivity index (χ4n) is 1.55. The van der Waals surface area contributed by atoms with Gasteiger partial charge >= 0.3 is 12.1 Å². The third-order valence-corrected chi connectivity index (χ3v) is 2.56. The normalized spacial score (nSPS) is 11.7. The fourth-order valence-corrected chi connectivity index (χ4v) is 1.55. The van der Waals surface area contributed by atoms with E-state index in [4.69, 9.17) is 10.5 Å². The standard InChI is InChI=1S/C16H21N3O4/c1-16(2,3)23-15(21)19-13(14(20)22-4)7-5-6-11-8-9-18-10-12(11)17/h8-10,13H,7,17H2,1-4H3,(H,19,21)/t13-/m0/s1. The van der Waals surface area contributed by atoms with E-state index in [2.05, 4.69) is 26.9 Å². The second kappa shape index (κ2) is 8.03. The number of carbonyl (C=O) groups is 2.